The first-order valence-corrected chi connectivity index (χ1v) is 21.2. The SMILES string of the molecule is C=C1CC(C)(C)CC2(C1)c1ccccc1-c1c2c2c(c3cc(-c4ccc(N5CCOCC5)cc4)c(C)cc13)OC(c1ccc(OC)cc1)(c1ccc(OCN=[N+]=[N-])cc1)C=C2. The van der Waals surface area contributed by atoms with Gasteiger partial charge in [-0.15, -0.1) is 0 Å². The van der Waals surface area contributed by atoms with Gasteiger partial charge in [-0.25, -0.2) is 0 Å². The second kappa shape index (κ2) is 14.9. The number of hydrogen-bond donors (Lipinski definition) is 0. The summed E-state index contributed by atoms with van der Waals surface area (Å²) in [6, 6.07) is 38.9. The molecule has 8 heteroatoms. The van der Waals surface area contributed by atoms with E-state index in [1.165, 1.54) is 50.0 Å². The lowest BCUT2D eigenvalue weighted by Gasteiger charge is -2.46. The molecule has 2 atom stereocenters. The van der Waals surface area contributed by atoms with Crippen molar-refractivity contribution < 1.29 is 18.9 Å². The van der Waals surface area contributed by atoms with Crippen LogP contribution < -0.4 is 19.1 Å². The van der Waals surface area contributed by atoms with Crippen LogP contribution in [-0.2, 0) is 15.8 Å². The number of aryl methyl sites for hydroxylation is 1. The fourth-order valence-corrected chi connectivity index (χ4v) is 11.0. The molecule has 2 heterocycles. The van der Waals surface area contributed by atoms with Gasteiger partial charge in [-0.2, -0.15) is 0 Å². The minimum Gasteiger partial charge on any atom is -0.497 e. The van der Waals surface area contributed by atoms with E-state index < -0.39 is 5.60 Å². The Balaban J connectivity index is 1.23. The summed E-state index contributed by atoms with van der Waals surface area (Å²) < 4.78 is 24.8. The van der Waals surface area contributed by atoms with Crippen LogP contribution in [0.4, 0.5) is 5.69 Å². The Bertz CT molecular complexity index is 2780. The van der Waals surface area contributed by atoms with E-state index >= 15 is 0 Å². The molecule has 61 heavy (non-hydrogen) atoms. The number of azide groups is 1. The van der Waals surface area contributed by atoms with E-state index in [9.17, 15) is 0 Å². The van der Waals surface area contributed by atoms with Gasteiger partial charge in [0.2, 0.25) is 0 Å². The number of fused-ring (bicyclic) bond motifs is 10. The zero-order valence-corrected chi connectivity index (χ0v) is 35.3. The molecule has 10 rings (SSSR count). The van der Waals surface area contributed by atoms with E-state index in [-0.39, 0.29) is 17.6 Å². The fraction of sp³-hybridized carbons (Fsp3) is 0.283. The van der Waals surface area contributed by atoms with Gasteiger partial charge in [-0.1, -0.05) is 104 Å². The predicted octanol–water partition coefficient (Wildman–Crippen LogP) is 12.7. The molecule has 1 saturated carbocycles. The van der Waals surface area contributed by atoms with Gasteiger partial charge in [0.05, 0.1) is 20.3 Å². The second-order valence-corrected chi connectivity index (χ2v) is 17.9. The molecule has 1 saturated heterocycles. The van der Waals surface area contributed by atoms with Crippen molar-refractivity contribution in [1.82, 2.24) is 0 Å². The van der Waals surface area contributed by atoms with Gasteiger partial charge in [0.25, 0.3) is 0 Å². The van der Waals surface area contributed by atoms with Crippen LogP contribution in [0.3, 0.4) is 0 Å². The Morgan fingerprint density at radius 2 is 1.54 bits per heavy atom. The summed E-state index contributed by atoms with van der Waals surface area (Å²) in [4.78, 5) is 5.23. The largest absolute Gasteiger partial charge is 0.497 e. The number of anilines is 1. The third kappa shape index (κ3) is 6.44. The molecule has 0 bridgehead atoms. The van der Waals surface area contributed by atoms with Crippen LogP contribution in [0.25, 0.3) is 49.5 Å². The minimum absolute atomic E-state index is 0.0491. The first-order valence-electron chi connectivity index (χ1n) is 21.2. The topological polar surface area (TPSA) is 88.9 Å². The van der Waals surface area contributed by atoms with Crippen molar-refractivity contribution in [3.05, 3.63) is 171 Å². The Morgan fingerprint density at radius 3 is 2.23 bits per heavy atom. The lowest BCUT2D eigenvalue weighted by molar-refractivity contribution is 0.122. The lowest BCUT2D eigenvalue weighted by atomic mass is 9.57. The molecule has 8 nitrogen and oxygen atoms in total. The van der Waals surface area contributed by atoms with E-state index in [1.54, 1.807) is 7.11 Å². The maximum absolute atomic E-state index is 8.83. The van der Waals surface area contributed by atoms with Crippen molar-refractivity contribution in [2.24, 2.45) is 10.5 Å². The van der Waals surface area contributed by atoms with Gasteiger partial charge in [0, 0.05) is 51.2 Å². The molecule has 6 aromatic rings. The van der Waals surface area contributed by atoms with E-state index in [0.717, 1.165) is 84.7 Å². The smallest absolute Gasteiger partial charge is 0.178 e. The summed E-state index contributed by atoms with van der Waals surface area (Å²) in [5, 5.41) is 5.83. The monoisotopic (exact) mass is 806 g/mol. The van der Waals surface area contributed by atoms with Crippen LogP contribution in [0.5, 0.6) is 17.2 Å². The van der Waals surface area contributed by atoms with Gasteiger partial charge < -0.3 is 23.8 Å². The second-order valence-electron chi connectivity index (χ2n) is 17.9. The first-order chi connectivity index (χ1) is 29.6. The van der Waals surface area contributed by atoms with Crippen LogP contribution in [0.1, 0.15) is 66.5 Å². The number of allylic oxidation sites excluding steroid dienone is 1. The van der Waals surface area contributed by atoms with Crippen molar-refractivity contribution in [3.63, 3.8) is 0 Å². The molecule has 2 unspecified atom stereocenters. The number of benzene rings is 6. The Labute approximate surface area is 357 Å². The Hall–Kier alpha value is -6.47. The summed E-state index contributed by atoms with van der Waals surface area (Å²) in [5.74, 6) is 2.23. The molecular formula is C53H50N4O4. The number of methoxy groups -OCH3 is 1. The zero-order valence-electron chi connectivity index (χ0n) is 35.3. The van der Waals surface area contributed by atoms with Crippen LogP contribution in [-0.4, -0.2) is 40.1 Å². The first kappa shape index (κ1) is 38.7. The van der Waals surface area contributed by atoms with Gasteiger partial charge in [-0.05, 0) is 130 Å². The minimum atomic E-state index is -1.01. The molecule has 0 aromatic heterocycles. The summed E-state index contributed by atoms with van der Waals surface area (Å²) in [6.45, 7) is 14.9. The number of hydrogen-bond acceptors (Lipinski definition) is 6. The molecule has 0 radical (unpaired) electrons. The predicted molar refractivity (Wildman–Crippen MR) is 245 cm³/mol. The summed E-state index contributed by atoms with van der Waals surface area (Å²) >= 11 is 0. The third-order valence-corrected chi connectivity index (χ3v) is 13.4. The van der Waals surface area contributed by atoms with Gasteiger partial charge in [0.15, 0.2) is 12.3 Å². The molecule has 2 fully saturated rings. The van der Waals surface area contributed by atoms with Crippen molar-refractivity contribution in [1.29, 1.82) is 0 Å². The number of ether oxygens (including phenoxy) is 4. The third-order valence-electron chi connectivity index (χ3n) is 13.4. The fourth-order valence-electron chi connectivity index (χ4n) is 11.0. The molecule has 0 N–H and O–H groups in total. The number of morpholine rings is 1. The standard InChI is InChI=1S/C53H50N4O4/c1-34-30-51(3,4)32-52(31-34)47-9-7-6-8-42(47)48-45-28-35(2)44(36-10-16-39(17-11-36)57-24-26-59-27-25-57)29-46(45)50-43(49(48)52)22-23-53(61-50,37-12-18-40(58-5)19-13-37)38-14-20-41(21-15-38)60-33-55-56-54/h6-23,28-29H,1,24-27,30-33H2,2-5H3. The summed E-state index contributed by atoms with van der Waals surface area (Å²) in [7, 11) is 1.69. The maximum atomic E-state index is 8.83. The highest BCUT2D eigenvalue weighted by Gasteiger charge is 2.52. The molecular weight excluding hydrogens is 757 g/mol. The van der Waals surface area contributed by atoms with E-state index in [2.05, 4.69) is 127 Å². The molecule has 2 aliphatic heterocycles. The Morgan fingerprint density at radius 1 is 0.836 bits per heavy atom. The van der Waals surface area contributed by atoms with Crippen molar-refractivity contribution >= 4 is 22.5 Å². The van der Waals surface area contributed by atoms with Crippen molar-refractivity contribution in [3.8, 4) is 39.5 Å². The Kier molecular flexibility index (Phi) is 9.46. The van der Waals surface area contributed by atoms with Crippen LogP contribution >= 0.6 is 0 Å². The average Bonchev–Trinajstić information content (AvgIpc) is 3.54. The normalized spacial score (nSPS) is 21.0. The van der Waals surface area contributed by atoms with E-state index in [1.807, 2.05) is 36.4 Å². The molecule has 1 spiro atoms. The highest BCUT2D eigenvalue weighted by atomic mass is 16.5. The molecule has 0 amide bonds. The highest BCUT2D eigenvalue weighted by Crippen LogP contribution is 2.65. The van der Waals surface area contributed by atoms with Crippen LogP contribution in [0.2, 0.25) is 0 Å². The molecule has 4 aliphatic rings. The van der Waals surface area contributed by atoms with E-state index in [0.29, 0.717) is 5.75 Å². The average molecular weight is 807 g/mol. The quantitative estimate of drug-likeness (QED) is 0.0661. The summed E-state index contributed by atoms with van der Waals surface area (Å²) in [5.41, 5.74) is 22.0. The van der Waals surface area contributed by atoms with Crippen molar-refractivity contribution in [2.45, 2.75) is 51.0 Å². The highest BCUT2D eigenvalue weighted by molar-refractivity contribution is 6.10. The van der Waals surface area contributed by atoms with Gasteiger partial charge in [0.1, 0.15) is 17.2 Å². The number of nitrogens with zero attached hydrogens (tertiary/aromatic N) is 4. The molecule has 2 aliphatic carbocycles. The summed E-state index contributed by atoms with van der Waals surface area (Å²) in [6.07, 6.45) is 7.46. The van der Waals surface area contributed by atoms with Crippen LogP contribution in [0.15, 0.2) is 133 Å². The van der Waals surface area contributed by atoms with Crippen LogP contribution in [0, 0.1) is 12.3 Å². The van der Waals surface area contributed by atoms with Gasteiger partial charge >= 0.3 is 0 Å². The zero-order chi connectivity index (χ0) is 41.9. The number of rotatable bonds is 8. The molecule has 306 valence electrons. The maximum Gasteiger partial charge on any atom is 0.178 e. The lowest BCUT2D eigenvalue weighted by Crippen LogP contribution is -2.39. The van der Waals surface area contributed by atoms with Gasteiger partial charge in [-0.3, -0.25) is 0 Å². The molecule has 6 aromatic carbocycles. The van der Waals surface area contributed by atoms with E-state index in [4.69, 9.17) is 24.5 Å². The van der Waals surface area contributed by atoms with Crippen molar-refractivity contribution in [2.75, 3.05) is 45.0 Å².